The van der Waals surface area contributed by atoms with Crippen molar-refractivity contribution in [3.8, 4) is 28.4 Å². The van der Waals surface area contributed by atoms with Gasteiger partial charge in [0.05, 0.1) is 11.3 Å². The number of para-hydroxylation sites is 1. The number of fused-ring (bicyclic) bond motifs is 1. The Labute approximate surface area is 180 Å². The lowest BCUT2D eigenvalue weighted by atomic mass is 10.0. The maximum absolute atomic E-state index is 13.1. The van der Waals surface area contributed by atoms with Gasteiger partial charge in [-0.05, 0) is 43.3 Å². The van der Waals surface area contributed by atoms with Crippen LogP contribution in [-0.2, 0) is 9.59 Å². The summed E-state index contributed by atoms with van der Waals surface area (Å²) in [6.45, 7) is 1.68. The van der Waals surface area contributed by atoms with Gasteiger partial charge in [-0.1, -0.05) is 18.2 Å². The van der Waals surface area contributed by atoms with E-state index in [2.05, 4.69) is 5.10 Å². The number of hydrogen-bond donors (Lipinski definition) is 0. The lowest BCUT2D eigenvalue weighted by Crippen LogP contribution is -2.27. The van der Waals surface area contributed by atoms with Crippen LogP contribution in [0.5, 0.6) is 11.5 Å². The quantitative estimate of drug-likeness (QED) is 0.333. The third-order valence-electron chi connectivity index (χ3n) is 4.76. The predicted molar refractivity (Wildman–Crippen MR) is 110 cm³/mol. The molecule has 0 N–H and O–H groups in total. The number of aromatic nitrogens is 2. The lowest BCUT2D eigenvalue weighted by Gasteiger charge is -2.18. The Morgan fingerprint density at radius 1 is 1.03 bits per heavy atom. The van der Waals surface area contributed by atoms with Crippen LogP contribution in [0.15, 0.2) is 60.3 Å². The number of alkyl halides is 3. The molecule has 1 aromatic heterocycles. The number of benzene rings is 2. The minimum Gasteiger partial charge on any atom is -0.486 e. The number of allylic oxidation sites excluding steroid dienone is 1. The third-order valence-corrected chi connectivity index (χ3v) is 4.76. The summed E-state index contributed by atoms with van der Waals surface area (Å²) in [7, 11) is 0. The van der Waals surface area contributed by atoms with E-state index in [4.69, 9.17) is 9.47 Å². The Hall–Kier alpha value is -3.88. The summed E-state index contributed by atoms with van der Waals surface area (Å²) in [4.78, 5) is 23.7. The van der Waals surface area contributed by atoms with Gasteiger partial charge in [0.25, 0.3) is 5.78 Å². The molecule has 2 aromatic carbocycles. The lowest BCUT2D eigenvalue weighted by molar-refractivity contribution is -0.166. The first-order chi connectivity index (χ1) is 15.2. The summed E-state index contributed by atoms with van der Waals surface area (Å²) in [6, 6.07) is 13.9. The van der Waals surface area contributed by atoms with Crippen molar-refractivity contribution in [2.45, 2.75) is 13.1 Å². The molecular formula is C23H17F3N2O4. The van der Waals surface area contributed by atoms with Crippen molar-refractivity contribution in [2.24, 2.45) is 0 Å². The summed E-state index contributed by atoms with van der Waals surface area (Å²) in [5.74, 6) is -2.19. The van der Waals surface area contributed by atoms with Crippen LogP contribution >= 0.6 is 0 Å². The molecule has 0 saturated heterocycles. The second-order valence-corrected chi connectivity index (χ2v) is 7.01. The SMILES string of the molecule is CC(=O)/C(=C\c1cn(-c2ccccc2)nc1-c1ccc2c(c1)OCCO2)C(=O)C(F)(F)F. The van der Waals surface area contributed by atoms with Crippen LogP contribution in [0.4, 0.5) is 13.2 Å². The first-order valence-corrected chi connectivity index (χ1v) is 9.63. The number of hydrogen-bond acceptors (Lipinski definition) is 5. The molecule has 0 saturated carbocycles. The maximum Gasteiger partial charge on any atom is 0.455 e. The summed E-state index contributed by atoms with van der Waals surface area (Å²) in [6.07, 6.45) is -2.78. The van der Waals surface area contributed by atoms with Gasteiger partial charge >= 0.3 is 6.18 Å². The smallest absolute Gasteiger partial charge is 0.455 e. The molecular weight excluding hydrogens is 425 g/mol. The number of ether oxygens (including phenoxy) is 2. The molecule has 32 heavy (non-hydrogen) atoms. The van der Waals surface area contributed by atoms with Crippen molar-refractivity contribution in [1.82, 2.24) is 9.78 Å². The van der Waals surface area contributed by atoms with Crippen molar-refractivity contribution >= 4 is 17.6 Å². The van der Waals surface area contributed by atoms with E-state index < -0.39 is 23.3 Å². The number of halogens is 3. The van der Waals surface area contributed by atoms with Crippen LogP contribution in [-0.4, -0.2) is 40.7 Å². The van der Waals surface area contributed by atoms with E-state index in [0.29, 0.717) is 36.0 Å². The average Bonchev–Trinajstić information content (AvgIpc) is 3.20. The highest BCUT2D eigenvalue weighted by molar-refractivity contribution is 6.24. The van der Waals surface area contributed by atoms with Gasteiger partial charge in [0, 0.05) is 17.3 Å². The molecule has 0 fully saturated rings. The zero-order valence-electron chi connectivity index (χ0n) is 16.8. The van der Waals surface area contributed by atoms with Crippen LogP contribution in [0.2, 0.25) is 0 Å². The second kappa shape index (κ2) is 8.33. The first-order valence-electron chi connectivity index (χ1n) is 9.63. The van der Waals surface area contributed by atoms with Crippen molar-refractivity contribution < 1.29 is 32.2 Å². The number of ketones is 2. The molecule has 0 spiro atoms. The Morgan fingerprint density at radius 3 is 2.38 bits per heavy atom. The van der Waals surface area contributed by atoms with Crippen molar-refractivity contribution in [3.63, 3.8) is 0 Å². The molecule has 1 aliphatic heterocycles. The molecule has 6 nitrogen and oxygen atoms in total. The van der Waals surface area contributed by atoms with Crippen LogP contribution < -0.4 is 9.47 Å². The van der Waals surface area contributed by atoms with E-state index in [1.807, 2.05) is 6.07 Å². The Bertz CT molecular complexity index is 1210. The predicted octanol–water partition coefficient (Wildman–Crippen LogP) is 4.41. The molecule has 0 atom stereocenters. The van der Waals surface area contributed by atoms with E-state index >= 15 is 0 Å². The second-order valence-electron chi connectivity index (χ2n) is 7.01. The highest BCUT2D eigenvalue weighted by atomic mass is 19.4. The Morgan fingerprint density at radius 2 is 1.72 bits per heavy atom. The molecule has 164 valence electrons. The normalized spacial score (nSPS) is 13.7. The fourth-order valence-electron chi connectivity index (χ4n) is 3.26. The van der Waals surface area contributed by atoms with Crippen LogP contribution in [0, 0.1) is 0 Å². The van der Waals surface area contributed by atoms with Crippen LogP contribution in [0.1, 0.15) is 12.5 Å². The maximum atomic E-state index is 13.1. The van der Waals surface area contributed by atoms with E-state index in [1.54, 1.807) is 42.5 Å². The zero-order valence-corrected chi connectivity index (χ0v) is 16.8. The Kier molecular flexibility index (Phi) is 5.56. The molecule has 4 rings (SSSR count). The monoisotopic (exact) mass is 442 g/mol. The number of Topliss-reactive ketones (excluding diaryl/α,β-unsaturated/α-hetero) is 2. The van der Waals surface area contributed by atoms with E-state index in [9.17, 15) is 22.8 Å². The van der Waals surface area contributed by atoms with Crippen LogP contribution in [0.25, 0.3) is 23.0 Å². The van der Waals surface area contributed by atoms with Gasteiger partial charge < -0.3 is 9.47 Å². The highest BCUT2D eigenvalue weighted by Crippen LogP contribution is 2.36. The van der Waals surface area contributed by atoms with Crippen molar-refractivity contribution in [3.05, 3.63) is 65.9 Å². The van der Waals surface area contributed by atoms with Crippen molar-refractivity contribution in [1.29, 1.82) is 0 Å². The summed E-state index contributed by atoms with van der Waals surface area (Å²) in [5.41, 5.74) is 0.659. The van der Waals surface area contributed by atoms with E-state index in [-0.39, 0.29) is 11.3 Å². The molecule has 1 aliphatic rings. The molecule has 3 aromatic rings. The molecule has 0 amide bonds. The topological polar surface area (TPSA) is 70.4 Å². The van der Waals surface area contributed by atoms with Gasteiger partial charge in [-0.15, -0.1) is 0 Å². The fourth-order valence-corrected chi connectivity index (χ4v) is 3.26. The minimum atomic E-state index is -5.18. The van der Waals surface area contributed by atoms with Gasteiger partial charge in [0.2, 0.25) is 0 Å². The van der Waals surface area contributed by atoms with Crippen LogP contribution in [0.3, 0.4) is 0 Å². The van der Waals surface area contributed by atoms with Gasteiger partial charge in [-0.2, -0.15) is 18.3 Å². The standard InChI is InChI=1S/C23H17F3N2O4/c1-14(29)18(22(30)23(24,25)26)11-16-13-28(17-5-3-2-4-6-17)27-21(16)15-7-8-19-20(12-15)32-10-9-31-19/h2-8,11-13H,9-10H2,1H3/b18-11+. The van der Waals surface area contributed by atoms with E-state index in [0.717, 1.165) is 13.0 Å². The molecule has 0 radical (unpaired) electrons. The third kappa shape index (κ3) is 4.27. The number of nitrogens with zero attached hydrogens (tertiary/aromatic N) is 2. The number of carbonyl (C=O) groups is 2. The summed E-state index contributed by atoms with van der Waals surface area (Å²) in [5, 5.41) is 4.51. The van der Waals surface area contributed by atoms with Crippen molar-refractivity contribution in [2.75, 3.05) is 13.2 Å². The van der Waals surface area contributed by atoms with Gasteiger partial charge in [0.15, 0.2) is 17.3 Å². The molecule has 0 bridgehead atoms. The number of carbonyl (C=O) groups excluding carboxylic acids is 2. The largest absolute Gasteiger partial charge is 0.486 e. The Balaban J connectivity index is 1.88. The van der Waals surface area contributed by atoms with Gasteiger partial charge in [-0.25, -0.2) is 4.68 Å². The molecule has 2 heterocycles. The van der Waals surface area contributed by atoms with E-state index in [1.165, 1.54) is 10.9 Å². The first kappa shape index (κ1) is 21.4. The summed E-state index contributed by atoms with van der Waals surface area (Å²) >= 11 is 0. The van der Waals surface area contributed by atoms with Gasteiger partial charge in [0.1, 0.15) is 18.9 Å². The molecule has 0 aliphatic carbocycles. The minimum absolute atomic E-state index is 0.174. The molecule has 0 unspecified atom stereocenters. The average molecular weight is 442 g/mol. The zero-order chi connectivity index (χ0) is 22.9. The van der Waals surface area contributed by atoms with Gasteiger partial charge in [-0.3, -0.25) is 9.59 Å². The fraction of sp³-hybridized carbons (Fsp3) is 0.174. The number of rotatable bonds is 5. The highest BCUT2D eigenvalue weighted by Gasteiger charge is 2.42. The molecule has 9 heteroatoms. The summed E-state index contributed by atoms with van der Waals surface area (Å²) < 4.78 is 51.7.